The molecule has 3 aromatic heterocycles. The van der Waals surface area contributed by atoms with Gasteiger partial charge in [0.25, 0.3) is 0 Å². The molecule has 0 bridgehead atoms. The summed E-state index contributed by atoms with van der Waals surface area (Å²) in [6.07, 6.45) is 4.76. The average Bonchev–Trinajstić information content (AvgIpc) is 3.14. The number of pyridine rings is 1. The Morgan fingerprint density at radius 3 is 2.45 bits per heavy atom. The lowest BCUT2D eigenvalue weighted by Crippen LogP contribution is -2.48. The second kappa shape index (κ2) is 8.93. The Balaban J connectivity index is 1.49. The Morgan fingerprint density at radius 1 is 1.03 bits per heavy atom. The van der Waals surface area contributed by atoms with Crippen molar-refractivity contribution in [2.24, 2.45) is 7.05 Å². The van der Waals surface area contributed by atoms with Crippen molar-refractivity contribution in [3.05, 3.63) is 30.4 Å². The maximum Gasteiger partial charge on any atom is 0.211 e. The number of piperazine rings is 1. The first-order chi connectivity index (χ1) is 15.9. The number of anilines is 1. The second-order valence-electron chi connectivity index (χ2n) is 8.41. The van der Waals surface area contributed by atoms with Crippen LogP contribution in [-0.4, -0.2) is 101 Å². The first kappa shape index (κ1) is 22.1. The maximum absolute atomic E-state index is 11.8. The van der Waals surface area contributed by atoms with E-state index in [2.05, 4.69) is 14.8 Å². The van der Waals surface area contributed by atoms with Crippen LogP contribution in [-0.2, 0) is 28.4 Å². The number of rotatable bonds is 5. The number of imidazole rings is 1. The summed E-state index contributed by atoms with van der Waals surface area (Å²) in [5.41, 5.74) is 2.40. The maximum atomic E-state index is 11.8. The molecule has 2 aliphatic rings. The molecule has 2 fully saturated rings. The van der Waals surface area contributed by atoms with Crippen LogP contribution in [0.3, 0.4) is 0 Å². The predicted molar refractivity (Wildman–Crippen MR) is 124 cm³/mol. The summed E-state index contributed by atoms with van der Waals surface area (Å²) in [5.74, 6) is 2.31. The summed E-state index contributed by atoms with van der Waals surface area (Å²) < 4.78 is 32.7. The highest BCUT2D eigenvalue weighted by Gasteiger charge is 2.26. The van der Waals surface area contributed by atoms with Crippen LogP contribution in [0.5, 0.6) is 0 Å². The topological polar surface area (TPSA) is 110 Å². The van der Waals surface area contributed by atoms with E-state index in [1.54, 1.807) is 12.4 Å². The molecule has 3 aromatic rings. The largest absolute Gasteiger partial charge is 0.378 e. The van der Waals surface area contributed by atoms with Crippen LogP contribution in [0.25, 0.3) is 22.6 Å². The number of hydrogen-bond donors (Lipinski definition) is 0. The SMILES string of the molecule is Cn1c(CN2CCN(S(C)(=O)=O)CC2)nc2c(N3CCOCC3)nc(-c3cccnc3)nc21. The van der Waals surface area contributed by atoms with E-state index in [4.69, 9.17) is 19.7 Å². The van der Waals surface area contributed by atoms with E-state index in [1.807, 2.05) is 23.7 Å². The Hall–Kier alpha value is -2.67. The van der Waals surface area contributed by atoms with Crippen LogP contribution in [0.15, 0.2) is 24.5 Å². The molecule has 0 spiro atoms. The summed E-state index contributed by atoms with van der Waals surface area (Å²) in [4.78, 5) is 23.3. The number of nitrogens with zero attached hydrogens (tertiary/aromatic N) is 8. The zero-order valence-electron chi connectivity index (χ0n) is 18.9. The molecule has 2 saturated heterocycles. The third-order valence-electron chi connectivity index (χ3n) is 6.19. The molecule has 5 heterocycles. The van der Waals surface area contributed by atoms with Gasteiger partial charge in [-0.2, -0.15) is 4.31 Å². The number of morpholine rings is 1. The van der Waals surface area contributed by atoms with Gasteiger partial charge in [-0.15, -0.1) is 0 Å². The van der Waals surface area contributed by atoms with Crippen molar-refractivity contribution in [2.75, 3.05) is 63.6 Å². The highest BCUT2D eigenvalue weighted by atomic mass is 32.2. The van der Waals surface area contributed by atoms with E-state index >= 15 is 0 Å². The van der Waals surface area contributed by atoms with Gasteiger partial charge >= 0.3 is 0 Å². The standard InChI is InChI=1S/C21H28N8O3S/c1-26-17(15-27-6-8-29(9-7-27)33(2,30)31)23-18-20(26)24-19(16-4-3-5-22-14-16)25-21(18)28-10-12-32-13-11-28/h3-5,14H,6-13,15H2,1-2H3. The van der Waals surface area contributed by atoms with E-state index in [-0.39, 0.29) is 0 Å². The molecule has 0 amide bonds. The molecule has 0 saturated carbocycles. The molecule has 0 radical (unpaired) electrons. The average molecular weight is 473 g/mol. The third-order valence-corrected chi connectivity index (χ3v) is 7.49. The fourth-order valence-corrected chi connectivity index (χ4v) is 5.10. The van der Waals surface area contributed by atoms with Crippen LogP contribution in [0.4, 0.5) is 5.82 Å². The molecule has 0 atom stereocenters. The van der Waals surface area contributed by atoms with E-state index in [1.165, 1.54) is 10.6 Å². The Labute approximate surface area is 193 Å². The lowest BCUT2D eigenvalue weighted by molar-refractivity contribution is 0.122. The minimum Gasteiger partial charge on any atom is -0.378 e. The van der Waals surface area contributed by atoms with Gasteiger partial charge in [-0.1, -0.05) is 0 Å². The minimum absolute atomic E-state index is 0.493. The quantitative estimate of drug-likeness (QED) is 0.519. The summed E-state index contributed by atoms with van der Waals surface area (Å²) in [6, 6.07) is 3.83. The Bertz CT molecular complexity index is 1230. The number of fused-ring (bicyclic) bond motifs is 1. The fourth-order valence-electron chi connectivity index (χ4n) is 4.27. The molecule has 5 rings (SSSR count). The first-order valence-corrected chi connectivity index (χ1v) is 12.9. The lowest BCUT2D eigenvalue weighted by atomic mass is 10.2. The van der Waals surface area contributed by atoms with Gasteiger partial charge in [0.15, 0.2) is 22.8 Å². The van der Waals surface area contributed by atoms with Gasteiger partial charge in [0.05, 0.1) is 26.0 Å². The van der Waals surface area contributed by atoms with Gasteiger partial charge in [-0.3, -0.25) is 9.88 Å². The molecule has 11 nitrogen and oxygen atoms in total. The Kier molecular flexibility index (Phi) is 5.99. The molecule has 33 heavy (non-hydrogen) atoms. The molecule has 0 N–H and O–H groups in total. The van der Waals surface area contributed by atoms with Crippen molar-refractivity contribution in [1.29, 1.82) is 0 Å². The van der Waals surface area contributed by atoms with Crippen molar-refractivity contribution in [3.8, 4) is 11.4 Å². The third kappa shape index (κ3) is 4.56. The smallest absolute Gasteiger partial charge is 0.211 e. The van der Waals surface area contributed by atoms with Crippen molar-refractivity contribution < 1.29 is 13.2 Å². The number of sulfonamides is 1. The van der Waals surface area contributed by atoms with Crippen molar-refractivity contribution in [1.82, 2.24) is 33.7 Å². The number of aromatic nitrogens is 5. The van der Waals surface area contributed by atoms with E-state index in [9.17, 15) is 8.42 Å². The fraction of sp³-hybridized carbons (Fsp3) is 0.524. The van der Waals surface area contributed by atoms with Crippen LogP contribution >= 0.6 is 0 Å². The molecular formula is C21H28N8O3S. The van der Waals surface area contributed by atoms with Gasteiger partial charge in [-0.25, -0.2) is 23.4 Å². The van der Waals surface area contributed by atoms with Crippen LogP contribution in [0, 0.1) is 0 Å². The van der Waals surface area contributed by atoms with E-state index < -0.39 is 10.0 Å². The van der Waals surface area contributed by atoms with Crippen LogP contribution in [0.1, 0.15) is 5.82 Å². The zero-order valence-corrected chi connectivity index (χ0v) is 19.7. The monoisotopic (exact) mass is 472 g/mol. The normalized spacial score (nSPS) is 18.8. The number of aryl methyl sites for hydroxylation is 1. The summed E-state index contributed by atoms with van der Waals surface area (Å²) in [5, 5.41) is 0. The highest BCUT2D eigenvalue weighted by Crippen LogP contribution is 2.28. The van der Waals surface area contributed by atoms with Crippen molar-refractivity contribution >= 4 is 27.0 Å². The van der Waals surface area contributed by atoms with Gasteiger partial charge in [-0.05, 0) is 12.1 Å². The summed E-state index contributed by atoms with van der Waals surface area (Å²) >= 11 is 0. The second-order valence-corrected chi connectivity index (χ2v) is 10.4. The molecule has 176 valence electrons. The molecule has 0 aromatic carbocycles. The molecular weight excluding hydrogens is 444 g/mol. The van der Waals surface area contributed by atoms with Gasteiger partial charge in [0.1, 0.15) is 5.82 Å². The number of ether oxygens (including phenoxy) is 1. The van der Waals surface area contributed by atoms with Gasteiger partial charge < -0.3 is 14.2 Å². The van der Waals surface area contributed by atoms with Gasteiger partial charge in [0, 0.05) is 64.3 Å². The van der Waals surface area contributed by atoms with E-state index in [0.29, 0.717) is 51.8 Å². The van der Waals surface area contributed by atoms with E-state index in [0.717, 1.165) is 41.5 Å². The Morgan fingerprint density at radius 2 is 1.79 bits per heavy atom. The number of hydrogen-bond acceptors (Lipinski definition) is 9. The van der Waals surface area contributed by atoms with Gasteiger partial charge in [0.2, 0.25) is 10.0 Å². The van der Waals surface area contributed by atoms with Crippen molar-refractivity contribution in [3.63, 3.8) is 0 Å². The molecule has 2 aliphatic heterocycles. The zero-order chi connectivity index (χ0) is 23.0. The molecule has 0 unspecified atom stereocenters. The molecule has 0 aliphatic carbocycles. The summed E-state index contributed by atoms with van der Waals surface area (Å²) in [7, 11) is -1.18. The highest BCUT2D eigenvalue weighted by molar-refractivity contribution is 7.88. The predicted octanol–water partition coefficient (Wildman–Crippen LogP) is 0.339. The summed E-state index contributed by atoms with van der Waals surface area (Å²) in [6.45, 7) is 5.74. The molecule has 12 heteroatoms. The minimum atomic E-state index is -3.15. The van der Waals surface area contributed by atoms with Crippen LogP contribution < -0.4 is 4.90 Å². The van der Waals surface area contributed by atoms with Crippen molar-refractivity contribution in [2.45, 2.75) is 6.54 Å². The van der Waals surface area contributed by atoms with Crippen LogP contribution in [0.2, 0.25) is 0 Å². The lowest BCUT2D eigenvalue weighted by Gasteiger charge is -2.32. The first-order valence-electron chi connectivity index (χ1n) is 11.0.